The van der Waals surface area contributed by atoms with Crippen molar-refractivity contribution in [3.05, 3.63) is 58.1 Å². The van der Waals surface area contributed by atoms with Gasteiger partial charge in [-0.05, 0) is 61.4 Å². The second-order valence-electron chi connectivity index (χ2n) is 6.14. The Morgan fingerprint density at radius 3 is 2.31 bits per heavy atom. The molecule has 2 aromatic rings. The van der Waals surface area contributed by atoms with Crippen LogP contribution in [-0.2, 0) is 9.59 Å². The molecule has 154 valence electrons. The van der Waals surface area contributed by atoms with E-state index in [4.69, 9.17) is 25.8 Å². The van der Waals surface area contributed by atoms with Gasteiger partial charge in [0.1, 0.15) is 17.2 Å². The molecule has 0 unspecified atom stereocenters. The minimum absolute atomic E-state index is 0.256. The van der Waals surface area contributed by atoms with Crippen LogP contribution in [0.4, 0.5) is 0 Å². The van der Waals surface area contributed by atoms with Crippen LogP contribution in [0.1, 0.15) is 16.7 Å². The molecule has 0 aliphatic rings. The van der Waals surface area contributed by atoms with E-state index in [1.165, 1.54) is 13.2 Å². The van der Waals surface area contributed by atoms with Crippen molar-refractivity contribution in [3.63, 3.8) is 0 Å². The number of hydrazine groups is 1. The predicted molar refractivity (Wildman–Crippen MR) is 111 cm³/mol. The summed E-state index contributed by atoms with van der Waals surface area (Å²) in [5, 5.41) is 0.661. The number of amides is 2. The first-order valence-electron chi connectivity index (χ1n) is 8.72. The summed E-state index contributed by atoms with van der Waals surface area (Å²) in [5.74, 6) is 0.720. The molecule has 0 atom stereocenters. The number of halogens is 1. The number of carbonyl (C=O) groups excluding carboxylic acids is 2. The Labute approximate surface area is 174 Å². The molecule has 7 nitrogen and oxygen atoms in total. The summed E-state index contributed by atoms with van der Waals surface area (Å²) in [6.07, 6.45) is 2.82. The SMILES string of the molecule is COc1ccc(OC)c(/C=C/C(=O)NNC(=O)COc2cc(C)c(Cl)c(C)c2)c1. The highest BCUT2D eigenvalue weighted by atomic mass is 35.5. The summed E-state index contributed by atoms with van der Waals surface area (Å²) in [6.45, 7) is 3.45. The first kappa shape index (κ1) is 22.1. The zero-order valence-electron chi connectivity index (χ0n) is 16.7. The summed E-state index contributed by atoms with van der Waals surface area (Å²) in [7, 11) is 3.08. The lowest BCUT2D eigenvalue weighted by Crippen LogP contribution is -2.43. The van der Waals surface area contributed by atoms with Gasteiger partial charge in [-0.3, -0.25) is 20.4 Å². The van der Waals surface area contributed by atoms with Crippen LogP contribution in [0.15, 0.2) is 36.4 Å². The van der Waals surface area contributed by atoms with Crippen LogP contribution in [0.5, 0.6) is 17.2 Å². The summed E-state index contributed by atoms with van der Waals surface area (Å²) in [6, 6.07) is 8.69. The highest BCUT2D eigenvalue weighted by Crippen LogP contribution is 2.26. The molecule has 0 aromatic heterocycles. The monoisotopic (exact) mass is 418 g/mol. The van der Waals surface area contributed by atoms with Gasteiger partial charge < -0.3 is 14.2 Å². The van der Waals surface area contributed by atoms with E-state index in [0.717, 1.165) is 11.1 Å². The van der Waals surface area contributed by atoms with Gasteiger partial charge in [0.2, 0.25) is 0 Å². The van der Waals surface area contributed by atoms with Crippen molar-refractivity contribution < 1.29 is 23.8 Å². The molecule has 0 bridgehead atoms. The number of hydrogen-bond donors (Lipinski definition) is 2. The van der Waals surface area contributed by atoms with Crippen molar-refractivity contribution in [2.45, 2.75) is 13.8 Å². The first-order valence-corrected chi connectivity index (χ1v) is 9.10. The summed E-state index contributed by atoms with van der Waals surface area (Å²) in [5.41, 5.74) is 6.94. The zero-order valence-corrected chi connectivity index (χ0v) is 17.4. The standard InChI is InChI=1S/C21H23ClN2O5/c1-13-9-17(10-14(2)21(13)22)29-12-20(26)24-23-19(25)8-5-15-11-16(27-3)6-7-18(15)28-4/h5-11H,12H2,1-4H3,(H,23,25)(H,24,26)/b8-5+. The van der Waals surface area contributed by atoms with E-state index in [0.29, 0.717) is 27.8 Å². The molecule has 2 amide bonds. The van der Waals surface area contributed by atoms with Gasteiger partial charge in [0.15, 0.2) is 6.61 Å². The minimum Gasteiger partial charge on any atom is -0.497 e. The fraction of sp³-hybridized carbons (Fsp3) is 0.238. The van der Waals surface area contributed by atoms with E-state index in [-0.39, 0.29) is 6.61 Å². The highest BCUT2D eigenvalue weighted by Gasteiger charge is 2.08. The number of hydrogen-bond acceptors (Lipinski definition) is 5. The predicted octanol–water partition coefficient (Wildman–Crippen LogP) is 3.21. The lowest BCUT2D eigenvalue weighted by molar-refractivity contribution is -0.128. The van der Waals surface area contributed by atoms with Gasteiger partial charge in [-0.2, -0.15) is 0 Å². The van der Waals surface area contributed by atoms with Crippen molar-refractivity contribution in [1.29, 1.82) is 0 Å². The lowest BCUT2D eigenvalue weighted by atomic mass is 10.1. The van der Waals surface area contributed by atoms with E-state index in [1.54, 1.807) is 43.5 Å². The smallest absolute Gasteiger partial charge is 0.276 e. The summed E-state index contributed by atoms with van der Waals surface area (Å²) >= 11 is 6.10. The van der Waals surface area contributed by atoms with E-state index < -0.39 is 11.8 Å². The third kappa shape index (κ3) is 6.43. The number of aryl methyl sites for hydroxylation is 2. The Bertz CT molecular complexity index is 904. The average Bonchev–Trinajstić information content (AvgIpc) is 2.72. The van der Waals surface area contributed by atoms with Gasteiger partial charge in [-0.25, -0.2) is 0 Å². The zero-order chi connectivity index (χ0) is 21.4. The molecule has 0 fully saturated rings. The third-order valence-corrected chi connectivity index (χ3v) is 4.55. The molecule has 0 aliphatic carbocycles. The maximum absolute atomic E-state index is 11.9. The lowest BCUT2D eigenvalue weighted by Gasteiger charge is -2.10. The number of rotatable bonds is 7. The largest absolute Gasteiger partial charge is 0.497 e. The third-order valence-electron chi connectivity index (χ3n) is 3.96. The molecule has 2 aromatic carbocycles. The second-order valence-corrected chi connectivity index (χ2v) is 6.52. The average molecular weight is 419 g/mol. The molecular weight excluding hydrogens is 396 g/mol. The molecule has 0 aliphatic heterocycles. The topological polar surface area (TPSA) is 85.9 Å². The van der Waals surface area contributed by atoms with Crippen molar-refractivity contribution >= 4 is 29.5 Å². The van der Waals surface area contributed by atoms with E-state index in [2.05, 4.69) is 10.9 Å². The van der Waals surface area contributed by atoms with Gasteiger partial charge in [-0.1, -0.05) is 11.6 Å². The molecule has 0 heterocycles. The Morgan fingerprint density at radius 2 is 1.69 bits per heavy atom. The quantitative estimate of drug-likeness (QED) is 0.532. The van der Waals surface area contributed by atoms with E-state index in [1.807, 2.05) is 13.8 Å². The van der Waals surface area contributed by atoms with Crippen molar-refractivity contribution in [2.24, 2.45) is 0 Å². The Hall–Kier alpha value is -3.19. The molecule has 2 N–H and O–H groups in total. The highest BCUT2D eigenvalue weighted by molar-refractivity contribution is 6.32. The van der Waals surface area contributed by atoms with Crippen molar-refractivity contribution in [1.82, 2.24) is 10.9 Å². The molecule has 0 saturated carbocycles. The van der Waals surface area contributed by atoms with Crippen LogP contribution in [-0.4, -0.2) is 32.6 Å². The molecule has 0 spiro atoms. The summed E-state index contributed by atoms with van der Waals surface area (Å²) < 4.78 is 15.8. The van der Waals surface area contributed by atoms with Gasteiger partial charge in [0, 0.05) is 16.7 Å². The van der Waals surface area contributed by atoms with Crippen molar-refractivity contribution in [2.75, 3.05) is 20.8 Å². The maximum atomic E-state index is 11.9. The second kappa shape index (κ2) is 10.4. The number of methoxy groups -OCH3 is 2. The van der Waals surface area contributed by atoms with Crippen LogP contribution in [0, 0.1) is 13.8 Å². The molecule has 2 rings (SSSR count). The van der Waals surface area contributed by atoms with Gasteiger partial charge >= 0.3 is 0 Å². The minimum atomic E-state index is -0.513. The molecular formula is C21H23ClN2O5. The van der Waals surface area contributed by atoms with Crippen LogP contribution >= 0.6 is 11.6 Å². The normalized spacial score (nSPS) is 10.5. The van der Waals surface area contributed by atoms with Crippen molar-refractivity contribution in [3.8, 4) is 17.2 Å². The number of benzene rings is 2. The molecule has 0 saturated heterocycles. The first-order chi connectivity index (χ1) is 13.8. The van der Waals surface area contributed by atoms with E-state index in [9.17, 15) is 9.59 Å². The van der Waals surface area contributed by atoms with Crippen LogP contribution in [0.25, 0.3) is 6.08 Å². The Morgan fingerprint density at radius 1 is 1.00 bits per heavy atom. The molecule has 8 heteroatoms. The Kier molecular flexibility index (Phi) is 7.91. The van der Waals surface area contributed by atoms with Crippen LogP contribution in [0.2, 0.25) is 5.02 Å². The molecule has 0 radical (unpaired) electrons. The number of nitrogens with one attached hydrogen (secondary N) is 2. The fourth-order valence-electron chi connectivity index (χ4n) is 2.48. The Balaban J connectivity index is 1.86. The van der Waals surface area contributed by atoms with Crippen LogP contribution in [0.3, 0.4) is 0 Å². The number of carbonyl (C=O) groups is 2. The van der Waals surface area contributed by atoms with Crippen LogP contribution < -0.4 is 25.1 Å². The molecule has 29 heavy (non-hydrogen) atoms. The number of ether oxygens (including phenoxy) is 3. The fourth-order valence-corrected chi connectivity index (χ4v) is 2.59. The maximum Gasteiger partial charge on any atom is 0.276 e. The van der Waals surface area contributed by atoms with E-state index >= 15 is 0 Å². The van der Waals surface area contributed by atoms with Gasteiger partial charge in [0.25, 0.3) is 11.8 Å². The summed E-state index contributed by atoms with van der Waals surface area (Å²) in [4.78, 5) is 23.8. The van der Waals surface area contributed by atoms with Gasteiger partial charge in [-0.15, -0.1) is 0 Å². The van der Waals surface area contributed by atoms with Gasteiger partial charge in [0.05, 0.1) is 14.2 Å².